The molecule has 144 valence electrons. The third kappa shape index (κ3) is 4.57. The van der Waals surface area contributed by atoms with E-state index >= 15 is 0 Å². The molecule has 0 aliphatic carbocycles. The van der Waals surface area contributed by atoms with E-state index in [-0.39, 0.29) is 16.6 Å². The van der Waals surface area contributed by atoms with Gasteiger partial charge in [-0.05, 0) is 36.9 Å². The number of carbonyl (C=O) groups excluding carboxylic acids is 1. The third-order valence-electron chi connectivity index (χ3n) is 4.20. The monoisotopic (exact) mass is 399 g/mol. The number of hydrogen-bond acceptors (Lipinski definition) is 5. The highest BCUT2D eigenvalue weighted by Crippen LogP contribution is 2.29. The summed E-state index contributed by atoms with van der Waals surface area (Å²) >= 11 is 5.84. The van der Waals surface area contributed by atoms with Crippen molar-refractivity contribution in [3.8, 4) is 0 Å². The zero-order valence-corrected chi connectivity index (χ0v) is 15.8. The Hall–Kier alpha value is -3.16. The Bertz CT molecular complexity index is 961. The quantitative estimate of drug-likeness (QED) is 0.461. The second kappa shape index (κ2) is 8.69. The molecule has 0 saturated heterocycles. The predicted molar refractivity (Wildman–Crippen MR) is 106 cm³/mol. The lowest BCUT2D eigenvalue weighted by Crippen LogP contribution is -2.34. The minimum absolute atomic E-state index is 0.0116. The summed E-state index contributed by atoms with van der Waals surface area (Å²) in [6.45, 7) is 0.417. The van der Waals surface area contributed by atoms with Gasteiger partial charge in [0.2, 0.25) is 5.91 Å². The summed E-state index contributed by atoms with van der Waals surface area (Å²) in [6.07, 6.45) is 1.58. The van der Waals surface area contributed by atoms with Gasteiger partial charge in [0.05, 0.1) is 17.7 Å². The molecular formula is C20H18ClN3O4. The summed E-state index contributed by atoms with van der Waals surface area (Å²) in [7, 11) is 1.81. The Kier molecular flexibility index (Phi) is 6.08. The minimum Gasteiger partial charge on any atom is -0.468 e. The van der Waals surface area contributed by atoms with Crippen molar-refractivity contribution in [1.82, 2.24) is 4.90 Å². The van der Waals surface area contributed by atoms with Gasteiger partial charge in [-0.25, -0.2) is 0 Å². The highest BCUT2D eigenvalue weighted by atomic mass is 35.5. The molecule has 8 heteroatoms. The van der Waals surface area contributed by atoms with E-state index in [2.05, 4.69) is 5.32 Å². The second-order valence-electron chi connectivity index (χ2n) is 6.22. The molecule has 2 aromatic carbocycles. The molecule has 0 saturated carbocycles. The number of carbonyl (C=O) groups is 1. The molecule has 0 radical (unpaired) electrons. The first-order valence-corrected chi connectivity index (χ1v) is 8.86. The van der Waals surface area contributed by atoms with Crippen LogP contribution in [0.15, 0.2) is 71.3 Å². The Morgan fingerprint density at radius 2 is 1.96 bits per heavy atom. The summed E-state index contributed by atoms with van der Waals surface area (Å²) in [4.78, 5) is 25.4. The van der Waals surface area contributed by atoms with Crippen LogP contribution in [0.25, 0.3) is 0 Å². The summed E-state index contributed by atoms with van der Waals surface area (Å²) in [5.41, 5.74) is 0.825. The number of hydrogen-bond donors (Lipinski definition) is 1. The molecule has 0 fully saturated rings. The second-order valence-corrected chi connectivity index (χ2v) is 6.63. The van der Waals surface area contributed by atoms with Crippen LogP contribution >= 0.6 is 11.6 Å². The van der Waals surface area contributed by atoms with Crippen molar-refractivity contribution in [3.05, 3.63) is 93.4 Å². The van der Waals surface area contributed by atoms with E-state index in [1.54, 1.807) is 12.3 Å². The molecule has 0 aliphatic rings. The van der Waals surface area contributed by atoms with Crippen LogP contribution in [0.4, 0.5) is 11.4 Å². The van der Waals surface area contributed by atoms with Crippen molar-refractivity contribution < 1.29 is 14.1 Å². The largest absolute Gasteiger partial charge is 0.468 e. The van der Waals surface area contributed by atoms with Gasteiger partial charge in [-0.1, -0.05) is 41.9 Å². The average Bonchev–Trinajstić information content (AvgIpc) is 3.17. The van der Waals surface area contributed by atoms with E-state index in [0.29, 0.717) is 12.2 Å². The van der Waals surface area contributed by atoms with Crippen LogP contribution in [-0.4, -0.2) is 22.8 Å². The molecule has 3 rings (SSSR count). The summed E-state index contributed by atoms with van der Waals surface area (Å²) < 4.78 is 5.38. The first-order chi connectivity index (χ1) is 13.5. The van der Waals surface area contributed by atoms with E-state index in [1.807, 2.05) is 48.3 Å². The number of rotatable bonds is 7. The fraction of sp³-hybridized carbons (Fsp3) is 0.150. The number of benzene rings is 2. The van der Waals surface area contributed by atoms with Gasteiger partial charge in [0.25, 0.3) is 5.69 Å². The van der Waals surface area contributed by atoms with Gasteiger partial charge in [-0.15, -0.1) is 0 Å². The molecule has 1 heterocycles. The zero-order valence-electron chi connectivity index (χ0n) is 15.0. The van der Waals surface area contributed by atoms with Crippen LogP contribution in [0.3, 0.4) is 0 Å². The fourth-order valence-electron chi connectivity index (χ4n) is 2.92. The first-order valence-electron chi connectivity index (χ1n) is 8.48. The van der Waals surface area contributed by atoms with Crippen molar-refractivity contribution in [2.75, 3.05) is 12.4 Å². The van der Waals surface area contributed by atoms with Crippen molar-refractivity contribution in [1.29, 1.82) is 0 Å². The first kappa shape index (κ1) is 19.6. The number of anilines is 1. The highest BCUT2D eigenvalue weighted by Gasteiger charge is 2.26. The molecule has 1 N–H and O–H groups in total. The van der Waals surface area contributed by atoms with Gasteiger partial charge in [-0.2, -0.15) is 0 Å². The van der Waals surface area contributed by atoms with E-state index in [9.17, 15) is 14.9 Å². The van der Waals surface area contributed by atoms with Crippen LogP contribution in [0.5, 0.6) is 0 Å². The lowest BCUT2D eigenvalue weighted by molar-refractivity contribution is -0.384. The molecule has 1 atom stereocenters. The summed E-state index contributed by atoms with van der Waals surface area (Å²) in [5.74, 6) is 0.398. The van der Waals surface area contributed by atoms with Crippen molar-refractivity contribution in [2.24, 2.45) is 0 Å². The van der Waals surface area contributed by atoms with Gasteiger partial charge < -0.3 is 9.73 Å². The molecule has 0 aliphatic heterocycles. The summed E-state index contributed by atoms with van der Waals surface area (Å²) in [6, 6.07) is 16.4. The lowest BCUT2D eigenvalue weighted by Gasteiger charge is -2.27. The molecule has 0 unspecified atom stereocenters. The zero-order chi connectivity index (χ0) is 20.1. The molecule has 1 amide bonds. The van der Waals surface area contributed by atoms with Crippen LogP contribution in [0, 0.1) is 10.1 Å². The number of nitro groups is 1. The number of nitrogens with one attached hydrogen (secondary N) is 1. The Morgan fingerprint density at radius 1 is 1.21 bits per heavy atom. The van der Waals surface area contributed by atoms with E-state index in [1.165, 1.54) is 18.2 Å². The number of halogens is 1. The number of nitro benzene ring substituents is 1. The molecule has 0 spiro atoms. The van der Waals surface area contributed by atoms with E-state index < -0.39 is 11.0 Å². The van der Waals surface area contributed by atoms with Crippen LogP contribution < -0.4 is 5.32 Å². The smallest absolute Gasteiger partial charge is 0.289 e. The van der Waals surface area contributed by atoms with Crippen molar-refractivity contribution >= 4 is 28.9 Å². The molecule has 1 aromatic heterocycles. The summed E-state index contributed by atoms with van der Waals surface area (Å²) in [5, 5.41) is 13.9. The molecular weight excluding hydrogens is 382 g/mol. The molecule has 7 nitrogen and oxygen atoms in total. The highest BCUT2D eigenvalue weighted by molar-refractivity contribution is 6.32. The van der Waals surface area contributed by atoms with E-state index in [0.717, 1.165) is 11.3 Å². The van der Waals surface area contributed by atoms with Crippen LogP contribution in [0.2, 0.25) is 5.02 Å². The van der Waals surface area contributed by atoms with Crippen LogP contribution in [-0.2, 0) is 11.3 Å². The van der Waals surface area contributed by atoms with Crippen molar-refractivity contribution in [3.63, 3.8) is 0 Å². The molecule has 3 aromatic rings. The average molecular weight is 400 g/mol. The Labute approximate surface area is 166 Å². The maximum atomic E-state index is 13.1. The predicted octanol–water partition coefficient (Wildman–Crippen LogP) is 4.65. The van der Waals surface area contributed by atoms with Gasteiger partial charge in [0, 0.05) is 11.8 Å². The van der Waals surface area contributed by atoms with E-state index in [4.69, 9.17) is 16.0 Å². The molecule has 28 heavy (non-hydrogen) atoms. The minimum atomic E-state index is -0.624. The standard InChI is InChI=1S/C20H18ClN3O4/c1-23(13-16-8-5-11-28-16)19(14-6-3-2-4-7-14)20(25)22-15-9-10-17(21)18(12-15)24(26)27/h2-12,19H,13H2,1H3,(H,22,25)/t19-/m0/s1. The van der Waals surface area contributed by atoms with Gasteiger partial charge in [0.15, 0.2) is 0 Å². The van der Waals surface area contributed by atoms with Gasteiger partial charge in [0.1, 0.15) is 16.8 Å². The Balaban J connectivity index is 1.86. The lowest BCUT2D eigenvalue weighted by atomic mass is 10.0. The Morgan fingerprint density at radius 3 is 2.61 bits per heavy atom. The number of likely N-dealkylation sites (N-methyl/N-ethyl adjacent to an activating group) is 1. The van der Waals surface area contributed by atoms with Crippen LogP contribution in [0.1, 0.15) is 17.4 Å². The number of nitrogens with zero attached hydrogens (tertiary/aromatic N) is 2. The molecule has 0 bridgehead atoms. The third-order valence-corrected chi connectivity index (χ3v) is 4.52. The normalized spacial score (nSPS) is 12.0. The van der Waals surface area contributed by atoms with Crippen molar-refractivity contribution in [2.45, 2.75) is 12.6 Å². The van der Waals surface area contributed by atoms with Gasteiger partial charge in [-0.3, -0.25) is 19.8 Å². The SMILES string of the molecule is CN(Cc1ccco1)[C@H](C(=O)Nc1ccc(Cl)c([N+](=O)[O-])c1)c1ccccc1. The number of amides is 1. The van der Waals surface area contributed by atoms with Gasteiger partial charge >= 0.3 is 0 Å². The number of furan rings is 1. The maximum absolute atomic E-state index is 13.1. The maximum Gasteiger partial charge on any atom is 0.289 e. The fourth-order valence-corrected chi connectivity index (χ4v) is 3.11. The topological polar surface area (TPSA) is 88.6 Å².